The predicted octanol–water partition coefficient (Wildman–Crippen LogP) is 0.710. The minimum absolute atomic E-state index is 0.196. The van der Waals surface area contributed by atoms with Gasteiger partial charge in [-0.05, 0) is 30.7 Å². The Kier molecular flexibility index (Phi) is 7.83. The number of amides is 1. The Bertz CT molecular complexity index is 657. The topological polar surface area (TPSA) is 102 Å². The summed E-state index contributed by atoms with van der Waals surface area (Å²) in [7, 11) is -0.696. The number of rotatable bonds is 9. The number of esters is 1. The summed E-state index contributed by atoms with van der Waals surface area (Å²) in [5.41, 5.74) is 0.811. The predicted molar refractivity (Wildman–Crippen MR) is 89.3 cm³/mol. The van der Waals surface area contributed by atoms with Crippen LogP contribution in [-0.4, -0.2) is 64.8 Å². The summed E-state index contributed by atoms with van der Waals surface area (Å²) >= 11 is 0. The number of anilines is 1. The lowest BCUT2D eigenvalue weighted by Gasteiger charge is -2.19. The molecule has 1 N–H and O–H groups in total. The maximum atomic E-state index is 12.0. The summed E-state index contributed by atoms with van der Waals surface area (Å²) in [6, 6.07) is 6.10. The maximum absolute atomic E-state index is 12.0. The zero-order chi connectivity index (χ0) is 18.2. The van der Waals surface area contributed by atoms with Gasteiger partial charge in [0.2, 0.25) is 15.9 Å². The Morgan fingerprint density at radius 3 is 2.29 bits per heavy atom. The normalized spacial score (nSPS) is 11.3. The van der Waals surface area contributed by atoms with Crippen LogP contribution >= 0.6 is 0 Å². The third-order valence-electron chi connectivity index (χ3n) is 3.13. The van der Waals surface area contributed by atoms with Gasteiger partial charge in [0.15, 0.2) is 0 Å². The van der Waals surface area contributed by atoms with Gasteiger partial charge in [0.05, 0.1) is 25.5 Å². The number of ether oxygens (including phenoxy) is 2. The Balaban J connectivity index is 2.66. The van der Waals surface area contributed by atoms with Crippen LogP contribution in [0.5, 0.6) is 0 Å². The highest BCUT2D eigenvalue weighted by Gasteiger charge is 2.19. The molecule has 0 radical (unpaired) electrons. The van der Waals surface area contributed by atoms with Crippen LogP contribution in [0.2, 0.25) is 0 Å². The average Bonchev–Trinajstić information content (AvgIpc) is 2.53. The lowest BCUT2D eigenvalue weighted by atomic mass is 10.2. The fraction of sp³-hybridized carbons (Fsp3) is 0.467. The molecular formula is C15H22N2O6S. The molecule has 134 valence electrons. The summed E-state index contributed by atoms with van der Waals surface area (Å²) in [5, 5.41) is 2.59. The van der Waals surface area contributed by atoms with Crippen LogP contribution in [0.15, 0.2) is 24.3 Å². The first-order valence-corrected chi connectivity index (χ1v) is 9.05. The molecule has 0 aliphatic carbocycles. The highest BCUT2D eigenvalue weighted by atomic mass is 32.2. The molecule has 0 aromatic heterocycles. The van der Waals surface area contributed by atoms with E-state index in [0.29, 0.717) is 24.3 Å². The third kappa shape index (κ3) is 6.65. The molecule has 0 saturated heterocycles. The molecule has 1 rings (SSSR count). The molecular weight excluding hydrogens is 336 g/mol. The number of methoxy groups -OCH3 is 2. The van der Waals surface area contributed by atoms with Crippen molar-refractivity contribution in [2.45, 2.75) is 6.42 Å². The fourth-order valence-electron chi connectivity index (χ4n) is 1.92. The van der Waals surface area contributed by atoms with Crippen LogP contribution in [0.4, 0.5) is 5.69 Å². The number of nitrogens with one attached hydrogen (secondary N) is 1. The van der Waals surface area contributed by atoms with Crippen molar-refractivity contribution in [1.82, 2.24) is 4.31 Å². The smallest absolute Gasteiger partial charge is 0.337 e. The lowest BCUT2D eigenvalue weighted by Crippen LogP contribution is -2.38. The molecule has 1 amide bonds. The van der Waals surface area contributed by atoms with E-state index in [1.54, 1.807) is 12.1 Å². The summed E-state index contributed by atoms with van der Waals surface area (Å²) in [6.07, 6.45) is 1.54. The first-order chi connectivity index (χ1) is 11.3. The van der Waals surface area contributed by atoms with Gasteiger partial charge in [0.25, 0.3) is 0 Å². The molecule has 0 spiro atoms. The van der Waals surface area contributed by atoms with E-state index >= 15 is 0 Å². The van der Waals surface area contributed by atoms with Gasteiger partial charge in [-0.25, -0.2) is 13.2 Å². The van der Waals surface area contributed by atoms with E-state index in [-0.39, 0.29) is 13.1 Å². The summed E-state index contributed by atoms with van der Waals surface area (Å²) in [6.45, 7) is 0.311. The van der Waals surface area contributed by atoms with Crippen molar-refractivity contribution < 1.29 is 27.5 Å². The van der Waals surface area contributed by atoms with Crippen LogP contribution < -0.4 is 5.32 Å². The Labute approximate surface area is 141 Å². The highest BCUT2D eigenvalue weighted by Crippen LogP contribution is 2.11. The van der Waals surface area contributed by atoms with Gasteiger partial charge >= 0.3 is 5.97 Å². The van der Waals surface area contributed by atoms with E-state index < -0.39 is 21.9 Å². The molecule has 0 heterocycles. The molecule has 8 nitrogen and oxygen atoms in total. The highest BCUT2D eigenvalue weighted by molar-refractivity contribution is 7.88. The maximum Gasteiger partial charge on any atom is 0.337 e. The van der Waals surface area contributed by atoms with Crippen LogP contribution in [-0.2, 0) is 24.3 Å². The van der Waals surface area contributed by atoms with E-state index in [4.69, 9.17) is 4.74 Å². The monoisotopic (exact) mass is 358 g/mol. The minimum Gasteiger partial charge on any atom is -0.465 e. The standard InChI is InChI=1S/C15H22N2O6S/c1-22-10-4-9-17(24(3,20)21)11-14(18)16-13-7-5-12(6-8-13)15(19)23-2/h5-8H,4,9-11H2,1-3H3,(H,16,18). The zero-order valence-corrected chi connectivity index (χ0v) is 14.8. The Morgan fingerprint density at radius 2 is 1.79 bits per heavy atom. The van der Waals surface area contributed by atoms with E-state index in [0.717, 1.165) is 10.6 Å². The molecule has 1 aromatic rings. The van der Waals surface area contributed by atoms with Gasteiger partial charge in [-0.15, -0.1) is 0 Å². The van der Waals surface area contributed by atoms with Crippen LogP contribution in [0, 0.1) is 0 Å². The molecule has 0 unspecified atom stereocenters. The number of benzene rings is 1. The molecule has 9 heteroatoms. The van der Waals surface area contributed by atoms with E-state index in [9.17, 15) is 18.0 Å². The number of carbonyl (C=O) groups excluding carboxylic acids is 2. The molecule has 0 aliphatic rings. The molecule has 0 fully saturated rings. The molecule has 0 atom stereocenters. The van der Waals surface area contributed by atoms with Crippen molar-refractivity contribution in [2.24, 2.45) is 0 Å². The van der Waals surface area contributed by atoms with Gasteiger partial charge in [-0.1, -0.05) is 0 Å². The van der Waals surface area contributed by atoms with E-state index in [1.807, 2.05) is 0 Å². The van der Waals surface area contributed by atoms with Crippen molar-refractivity contribution in [2.75, 3.05) is 45.5 Å². The van der Waals surface area contributed by atoms with E-state index in [1.165, 1.54) is 26.4 Å². The Hall–Kier alpha value is -1.97. The fourth-order valence-corrected chi connectivity index (χ4v) is 2.73. The molecule has 24 heavy (non-hydrogen) atoms. The molecule has 0 saturated carbocycles. The third-order valence-corrected chi connectivity index (χ3v) is 4.38. The van der Waals surface area contributed by atoms with Gasteiger partial charge in [0.1, 0.15) is 0 Å². The van der Waals surface area contributed by atoms with Crippen molar-refractivity contribution >= 4 is 27.6 Å². The van der Waals surface area contributed by atoms with Crippen molar-refractivity contribution in [1.29, 1.82) is 0 Å². The largest absolute Gasteiger partial charge is 0.465 e. The van der Waals surface area contributed by atoms with Gasteiger partial charge in [-0.2, -0.15) is 4.31 Å². The number of hydrogen-bond acceptors (Lipinski definition) is 6. The summed E-state index contributed by atoms with van der Waals surface area (Å²) < 4.78 is 34.0. The average molecular weight is 358 g/mol. The second-order valence-corrected chi connectivity index (χ2v) is 7.04. The molecule has 1 aromatic carbocycles. The minimum atomic E-state index is -3.50. The number of sulfonamides is 1. The summed E-state index contributed by atoms with van der Waals surface area (Å²) in [5.74, 6) is -0.946. The van der Waals surface area contributed by atoms with Gasteiger partial charge < -0.3 is 14.8 Å². The van der Waals surface area contributed by atoms with Crippen molar-refractivity contribution in [3.8, 4) is 0 Å². The SMILES string of the molecule is COCCCN(CC(=O)Nc1ccc(C(=O)OC)cc1)S(C)(=O)=O. The van der Waals surface area contributed by atoms with Gasteiger partial charge in [0, 0.05) is 25.9 Å². The number of nitrogens with zero attached hydrogens (tertiary/aromatic N) is 1. The quantitative estimate of drug-likeness (QED) is 0.515. The number of hydrogen-bond donors (Lipinski definition) is 1. The second kappa shape index (κ2) is 9.36. The first kappa shape index (κ1) is 20.1. The second-order valence-electron chi connectivity index (χ2n) is 5.06. The lowest BCUT2D eigenvalue weighted by molar-refractivity contribution is -0.116. The first-order valence-electron chi connectivity index (χ1n) is 7.20. The summed E-state index contributed by atoms with van der Waals surface area (Å²) in [4.78, 5) is 23.4. The molecule has 0 aliphatic heterocycles. The van der Waals surface area contributed by atoms with Crippen molar-refractivity contribution in [3.63, 3.8) is 0 Å². The van der Waals surface area contributed by atoms with Crippen LogP contribution in [0.3, 0.4) is 0 Å². The Morgan fingerprint density at radius 1 is 1.17 bits per heavy atom. The zero-order valence-electron chi connectivity index (χ0n) is 13.9. The van der Waals surface area contributed by atoms with E-state index in [2.05, 4.69) is 10.1 Å². The van der Waals surface area contributed by atoms with Gasteiger partial charge in [-0.3, -0.25) is 4.79 Å². The molecule has 0 bridgehead atoms. The van der Waals surface area contributed by atoms with Crippen LogP contribution in [0.25, 0.3) is 0 Å². The number of carbonyl (C=O) groups is 2. The van der Waals surface area contributed by atoms with Crippen molar-refractivity contribution in [3.05, 3.63) is 29.8 Å². The van der Waals surface area contributed by atoms with Crippen LogP contribution in [0.1, 0.15) is 16.8 Å².